The smallest absolute Gasteiger partial charge is 0.251 e. The van der Waals surface area contributed by atoms with Crippen LogP contribution in [0.2, 0.25) is 5.02 Å². The fourth-order valence-corrected chi connectivity index (χ4v) is 6.79. The zero-order valence-corrected chi connectivity index (χ0v) is 22.0. The summed E-state index contributed by atoms with van der Waals surface area (Å²) in [6.07, 6.45) is 1.53. The molecule has 1 amide bonds. The summed E-state index contributed by atoms with van der Waals surface area (Å²) < 4.78 is 38.5. The molecule has 6 rings (SSSR count). The first kappa shape index (κ1) is 25.3. The quantitative estimate of drug-likeness (QED) is 0.413. The summed E-state index contributed by atoms with van der Waals surface area (Å²) in [5, 5.41) is 16.6. The minimum atomic E-state index is -1.04. The zero-order chi connectivity index (χ0) is 26.8. The predicted molar refractivity (Wildman–Crippen MR) is 141 cm³/mol. The Hall–Kier alpha value is -3.00. The van der Waals surface area contributed by atoms with Gasteiger partial charge in [0.1, 0.15) is 17.4 Å². The summed E-state index contributed by atoms with van der Waals surface area (Å²) in [5.74, 6) is -1.97. The number of ether oxygens (including phenoxy) is 1. The van der Waals surface area contributed by atoms with Crippen LogP contribution in [0.1, 0.15) is 58.5 Å². The molecule has 0 bridgehead atoms. The fourth-order valence-electron chi connectivity index (χ4n) is 6.53. The highest BCUT2D eigenvalue weighted by molar-refractivity contribution is 6.34. The Morgan fingerprint density at radius 1 is 1.21 bits per heavy atom. The van der Waals surface area contributed by atoms with Gasteiger partial charge in [-0.2, -0.15) is 0 Å². The molecule has 4 atom stereocenters. The molecular formula is C30H29ClF2N2O3. The second-order valence-electron chi connectivity index (χ2n) is 10.6. The van der Waals surface area contributed by atoms with Gasteiger partial charge in [-0.25, -0.2) is 8.78 Å². The van der Waals surface area contributed by atoms with Crippen LogP contribution in [0, 0.1) is 17.6 Å². The highest BCUT2D eigenvalue weighted by atomic mass is 35.5. The molecule has 3 aromatic carbocycles. The maximum absolute atomic E-state index is 16.5. The lowest BCUT2D eigenvalue weighted by Gasteiger charge is -2.35. The summed E-state index contributed by atoms with van der Waals surface area (Å²) in [6, 6.07) is 12.5. The molecule has 0 unspecified atom stereocenters. The fraction of sp³-hybridized carbons (Fsp3) is 0.367. The largest absolute Gasteiger partial charge is 0.480 e. The van der Waals surface area contributed by atoms with E-state index in [1.54, 1.807) is 6.07 Å². The first-order valence-electron chi connectivity index (χ1n) is 13.0. The lowest BCUT2D eigenvalue weighted by molar-refractivity contribution is 0.0539. The molecule has 198 valence electrons. The van der Waals surface area contributed by atoms with Gasteiger partial charge < -0.3 is 20.5 Å². The van der Waals surface area contributed by atoms with Crippen molar-refractivity contribution in [3.05, 3.63) is 86.9 Å². The average molecular weight is 539 g/mol. The number of aliphatic hydroxyl groups excluding tert-OH is 1. The van der Waals surface area contributed by atoms with Crippen LogP contribution >= 0.6 is 11.6 Å². The second-order valence-corrected chi connectivity index (χ2v) is 11.0. The van der Waals surface area contributed by atoms with E-state index in [0.717, 1.165) is 24.9 Å². The van der Waals surface area contributed by atoms with E-state index >= 15 is 8.78 Å². The van der Waals surface area contributed by atoms with E-state index in [-0.39, 0.29) is 45.0 Å². The minimum Gasteiger partial charge on any atom is -0.480 e. The van der Waals surface area contributed by atoms with Crippen molar-refractivity contribution < 1.29 is 23.4 Å². The summed E-state index contributed by atoms with van der Waals surface area (Å²) >= 11 is 6.61. The molecule has 1 saturated heterocycles. The molecule has 3 N–H and O–H groups in total. The number of aliphatic hydroxyl groups is 1. The van der Waals surface area contributed by atoms with Gasteiger partial charge >= 0.3 is 0 Å². The number of rotatable bonds is 4. The van der Waals surface area contributed by atoms with Gasteiger partial charge in [-0.1, -0.05) is 48.9 Å². The van der Waals surface area contributed by atoms with Crippen LogP contribution in [-0.4, -0.2) is 30.6 Å². The standard InChI is InChI=1S/C30H29ClF2N2O3/c1-15-11-16-12-18(29(37)34-2)25(27(33)23(16)28(15)36)24-19-14-30(22-9-6-10-35-22,17-7-4-3-5-8-17)38-21(19)13-20(32)26(24)31/h3-5,7-8,12-13,15,22,28,35-36H,6,9-11,14H2,1-2H3,(H,34,37)/t15-,22+,28-,30+/m1/s1. The molecule has 1 aliphatic carbocycles. The molecule has 38 heavy (non-hydrogen) atoms. The van der Waals surface area contributed by atoms with Crippen LogP contribution < -0.4 is 15.4 Å². The van der Waals surface area contributed by atoms with Crippen LogP contribution in [0.4, 0.5) is 8.78 Å². The monoisotopic (exact) mass is 538 g/mol. The van der Waals surface area contributed by atoms with Gasteiger partial charge in [0.05, 0.1) is 22.7 Å². The number of carbonyl (C=O) groups excluding carboxylic acids is 1. The van der Waals surface area contributed by atoms with Gasteiger partial charge in [-0.3, -0.25) is 4.79 Å². The SMILES string of the molecule is CNC(=O)c1cc2c(c(F)c1-c1c(Cl)c(F)cc3c1C[C@](c1ccccc1)([C@@H]1CCCN1)O3)[C@H](O)[C@H](C)C2. The predicted octanol–water partition coefficient (Wildman–Crippen LogP) is 5.45. The third-order valence-corrected chi connectivity index (χ3v) is 8.76. The van der Waals surface area contributed by atoms with Crippen LogP contribution in [0.15, 0.2) is 42.5 Å². The molecule has 2 heterocycles. The molecule has 0 aromatic heterocycles. The van der Waals surface area contributed by atoms with Crippen molar-refractivity contribution in [2.75, 3.05) is 13.6 Å². The first-order valence-corrected chi connectivity index (χ1v) is 13.4. The number of carbonyl (C=O) groups is 1. The van der Waals surface area contributed by atoms with Crippen LogP contribution in [0.25, 0.3) is 11.1 Å². The summed E-state index contributed by atoms with van der Waals surface area (Å²) in [4.78, 5) is 13.1. The topological polar surface area (TPSA) is 70.6 Å². The van der Waals surface area contributed by atoms with Crippen molar-refractivity contribution in [1.29, 1.82) is 0 Å². The first-order chi connectivity index (χ1) is 18.3. The normalized spacial score (nSPS) is 25.7. The van der Waals surface area contributed by atoms with E-state index < -0.39 is 29.2 Å². The lowest BCUT2D eigenvalue weighted by atomic mass is 9.80. The van der Waals surface area contributed by atoms with Gasteiger partial charge in [-0.15, -0.1) is 0 Å². The molecule has 0 spiro atoms. The number of fused-ring (bicyclic) bond motifs is 2. The number of halogens is 3. The summed E-state index contributed by atoms with van der Waals surface area (Å²) in [5.41, 5.74) is 1.35. The maximum Gasteiger partial charge on any atom is 0.251 e. The Labute approximate surface area is 225 Å². The van der Waals surface area contributed by atoms with Gasteiger partial charge in [0, 0.05) is 41.8 Å². The van der Waals surface area contributed by atoms with Gasteiger partial charge in [0.2, 0.25) is 0 Å². The van der Waals surface area contributed by atoms with Gasteiger partial charge in [-0.05, 0) is 48.9 Å². The van der Waals surface area contributed by atoms with E-state index in [9.17, 15) is 9.90 Å². The highest BCUT2D eigenvalue weighted by Gasteiger charge is 2.50. The Balaban J connectivity index is 1.61. The van der Waals surface area contributed by atoms with E-state index in [2.05, 4.69) is 10.6 Å². The molecule has 3 aromatic rings. The van der Waals surface area contributed by atoms with Crippen molar-refractivity contribution in [2.24, 2.45) is 5.92 Å². The molecule has 5 nitrogen and oxygen atoms in total. The summed E-state index contributed by atoms with van der Waals surface area (Å²) in [6.45, 7) is 2.66. The second kappa shape index (κ2) is 9.33. The van der Waals surface area contributed by atoms with E-state index in [1.807, 2.05) is 37.3 Å². The molecule has 0 saturated carbocycles. The Morgan fingerprint density at radius 2 is 1.97 bits per heavy atom. The van der Waals surface area contributed by atoms with E-state index in [0.29, 0.717) is 24.0 Å². The number of hydrogen-bond acceptors (Lipinski definition) is 4. The molecule has 1 fully saturated rings. The number of amides is 1. The molecule has 0 radical (unpaired) electrons. The molecular weight excluding hydrogens is 510 g/mol. The van der Waals surface area contributed by atoms with Crippen LogP contribution in [0.5, 0.6) is 5.75 Å². The van der Waals surface area contributed by atoms with Crippen LogP contribution in [0.3, 0.4) is 0 Å². The third kappa shape index (κ3) is 3.67. The Bertz CT molecular complexity index is 1440. The number of hydrogen-bond donors (Lipinski definition) is 3. The van der Waals surface area contributed by atoms with Gasteiger partial charge in [0.25, 0.3) is 5.91 Å². The van der Waals surface area contributed by atoms with E-state index in [4.69, 9.17) is 16.3 Å². The number of benzene rings is 3. The summed E-state index contributed by atoms with van der Waals surface area (Å²) in [7, 11) is 1.46. The molecule has 3 aliphatic rings. The van der Waals surface area contributed by atoms with Crippen molar-refractivity contribution in [1.82, 2.24) is 10.6 Å². The van der Waals surface area contributed by atoms with Crippen molar-refractivity contribution in [2.45, 2.75) is 50.4 Å². The lowest BCUT2D eigenvalue weighted by Crippen LogP contribution is -2.48. The van der Waals surface area contributed by atoms with Crippen molar-refractivity contribution in [3.8, 4) is 16.9 Å². The Morgan fingerprint density at radius 3 is 2.66 bits per heavy atom. The molecule has 8 heteroatoms. The zero-order valence-electron chi connectivity index (χ0n) is 21.2. The highest BCUT2D eigenvalue weighted by Crippen LogP contribution is 2.53. The maximum atomic E-state index is 16.5. The van der Waals surface area contributed by atoms with Crippen molar-refractivity contribution in [3.63, 3.8) is 0 Å². The minimum absolute atomic E-state index is 0.0518. The van der Waals surface area contributed by atoms with Crippen LogP contribution in [-0.2, 0) is 18.4 Å². The van der Waals surface area contributed by atoms with E-state index in [1.165, 1.54) is 13.1 Å². The van der Waals surface area contributed by atoms with Crippen molar-refractivity contribution >= 4 is 17.5 Å². The molecule has 2 aliphatic heterocycles. The third-order valence-electron chi connectivity index (χ3n) is 8.39. The Kier molecular flexibility index (Phi) is 6.21. The van der Waals surface area contributed by atoms with Gasteiger partial charge in [0.15, 0.2) is 5.60 Å². The number of nitrogens with one attached hydrogen (secondary N) is 2. The average Bonchev–Trinajstić information content (AvgIpc) is 3.65.